The van der Waals surface area contributed by atoms with Gasteiger partial charge in [-0.3, -0.25) is 4.79 Å². The highest BCUT2D eigenvalue weighted by molar-refractivity contribution is 5.78. The molecule has 0 bridgehead atoms. The third kappa shape index (κ3) is 4.63. The van der Waals surface area contributed by atoms with E-state index in [1.807, 2.05) is 30.3 Å². The molecule has 6 heteroatoms. The molecule has 3 aromatic rings. The van der Waals surface area contributed by atoms with Gasteiger partial charge in [0.2, 0.25) is 5.91 Å². The zero-order valence-corrected chi connectivity index (χ0v) is 14.3. The number of rotatable bonds is 6. The number of methoxy groups -OCH3 is 1. The molecule has 0 radical (unpaired) electrons. The van der Waals surface area contributed by atoms with E-state index in [1.54, 1.807) is 19.2 Å². The average Bonchev–Trinajstić information content (AvgIpc) is 2.68. The van der Waals surface area contributed by atoms with Gasteiger partial charge in [-0.05, 0) is 48.0 Å². The summed E-state index contributed by atoms with van der Waals surface area (Å²) < 4.78 is 18.0. The van der Waals surface area contributed by atoms with E-state index < -0.39 is 0 Å². The first-order valence-corrected chi connectivity index (χ1v) is 8.10. The first-order chi connectivity index (χ1) is 12.6. The van der Waals surface area contributed by atoms with Crippen molar-refractivity contribution < 1.29 is 13.9 Å². The summed E-state index contributed by atoms with van der Waals surface area (Å²) in [5.41, 5.74) is 3.17. The molecule has 0 fully saturated rings. The second-order valence-electron chi connectivity index (χ2n) is 5.70. The van der Waals surface area contributed by atoms with Crippen LogP contribution in [0.25, 0.3) is 11.3 Å². The highest BCUT2D eigenvalue weighted by atomic mass is 19.1. The van der Waals surface area contributed by atoms with Gasteiger partial charge >= 0.3 is 0 Å². The summed E-state index contributed by atoms with van der Waals surface area (Å²) in [6, 6.07) is 15.3. The second kappa shape index (κ2) is 8.20. The Bertz CT molecular complexity index is 880. The van der Waals surface area contributed by atoms with Crippen LogP contribution in [0.2, 0.25) is 0 Å². The summed E-state index contributed by atoms with van der Waals surface area (Å²) in [4.78, 5) is 20.5. The molecule has 0 aliphatic carbocycles. The fraction of sp³-hybridized carbons (Fsp3) is 0.150. The Balaban J connectivity index is 1.61. The number of aromatic nitrogens is 2. The number of halogens is 1. The highest BCUT2D eigenvalue weighted by Crippen LogP contribution is 2.20. The molecule has 0 unspecified atom stereocenters. The third-order valence-corrected chi connectivity index (χ3v) is 3.85. The van der Waals surface area contributed by atoms with Crippen molar-refractivity contribution >= 4 is 5.91 Å². The number of nitrogens with one attached hydrogen (secondary N) is 1. The summed E-state index contributed by atoms with van der Waals surface area (Å²) in [7, 11) is 1.62. The predicted molar refractivity (Wildman–Crippen MR) is 96.0 cm³/mol. The first kappa shape index (κ1) is 17.5. The van der Waals surface area contributed by atoms with Crippen LogP contribution in [0.5, 0.6) is 5.75 Å². The van der Waals surface area contributed by atoms with E-state index in [9.17, 15) is 9.18 Å². The molecule has 0 aliphatic heterocycles. The molecule has 0 aliphatic rings. The van der Waals surface area contributed by atoms with Crippen molar-refractivity contribution in [1.29, 1.82) is 0 Å². The predicted octanol–water partition coefficient (Wildman–Crippen LogP) is 3.15. The van der Waals surface area contributed by atoms with Crippen LogP contribution in [-0.2, 0) is 17.8 Å². The van der Waals surface area contributed by atoms with Crippen molar-refractivity contribution in [2.24, 2.45) is 0 Å². The maximum atomic E-state index is 12.9. The van der Waals surface area contributed by atoms with Crippen molar-refractivity contribution in [2.45, 2.75) is 13.0 Å². The maximum Gasteiger partial charge on any atom is 0.224 e. The van der Waals surface area contributed by atoms with E-state index in [-0.39, 0.29) is 18.1 Å². The summed E-state index contributed by atoms with van der Waals surface area (Å²) in [6.07, 6.45) is 1.66. The van der Waals surface area contributed by atoms with Crippen LogP contribution in [0.3, 0.4) is 0 Å². The molecule has 0 atom stereocenters. The Morgan fingerprint density at radius 1 is 1.08 bits per heavy atom. The molecular formula is C20H18FN3O2. The van der Waals surface area contributed by atoms with Crippen molar-refractivity contribution in [3.05, 3.63) is 78.0 Å². The minimum absolute atomic E-state index is 0.152. The van der Waals surface area contributed by atoms with E-state index in [2.05, 4.69) is 15.3 Å². The Morgan fingerprint density at radius 3 is 2.50 bits per heavy atom. The molecule has 2 aromatic carbocycles. The van der Waals surface area contributed by atoms with Crippen LogP contribution in [0.4, 0.5) is 4.39 Å². The minimum Gasteiger partial charge on any atom is -0.497 e. The Labute approximate surface area is 150 Å². The van der Waals surface area contributed by atoms with Crippen molar-refractivity contribution in [2.75, 3.05) is 7.11 Å². The van der Waals surface area contributed by atoms with Gasteiger partial charge in [-0.15, -0.1) is 0 Å². The fourth-order valence-electron chi connectivity index (χ4n) is 2.45. The molecule has 26 heavy (non-hydrogen) atoms. The highest BCUT2D eigenvalue weighted by Gasteiger charge is 2.06. The van der Waals surface area contributed by atoms with Gasteiger partial charge in [0.1, 0.15) is 17.9 Å². The number of carbonyl (C=O) groups is 1. The standard InChI is InChI=1S/C20H18FN3O2/c1-26-18-8-4-15(5-9-18)19-11-17(23-13-24-19)12-22-20(25)10-14-2-6-16(21)7-3-14/h2-9,11,13H,10,12H2,1H3,(H,22,25). The lowest BCUT2D eigenvalue weighted by Gasteiger charge is -2.07. The normalized spacial score (nSPS) is 10.4. The number of hydrogen-bond donors (Lipinski definition) is 1. The zero-order valence-electron chi connectivity index (χ0n) is 14.3. The molecule has 0 spiro atoms. The Kier molecular flexibility index (Phi) is 5.53. The third-order valence-electron chi connectivity index (χ3n) is 3.85. The van der Waals surface area contributed by atoms with E-state index in [0.29, 0.717) is 12.2 Å². The van der Waals surface area contributed by atoms with E-state index in [1.165, 1.54) is 18.5 Å². The van der Waals surface area contributed by atoms with Crippen molar-refractivity contribution in [1.82, 2.24) is 15.3 Å². The lowest BCUT2D eigenvalue weighted by Crippen LogP contribution is -2.25. The molecule has 1 heterocycles. The largest absolute Gasteiger partial charge is 0.497 e. The molecule has 1 N–H and O–H groups in total. The quantitative estimate of drug-likeness (QED) is 0.741. The van der Waals surface area contributed by atoms with E-state index >= 15 is 0 Å². The Morgan fingerprint density at radius 2 is 1.81 bits per heavy atom. The summed E-state index contributed by atoms with van der Waals surface area (Å²) >= 11 is 0. The topological polar surface area (TPSA) is 64.1 Å². The molecule has 0 saturated heterocycles. The van der Waals surface area contributed by atoms with Gasteiger partial charge in [-0.2, -0.15) is 0 Å². The van der Waals surface area contributed by atoms with Gasteiger partial charge in [-0.1, -0.05) is 12.1 Å². The molecule has 1 amide bonds. The fourth-order valence-corrected chi connectivity index (χ4v) is 2.45. The van der Waals surface area contributed by atoms with Gasteiger partial charge in [0.25, 0.3) is 0 Å². The molecule has 3 rings (SSSR count). The summed E-state index contributed by atoms with van der Waals surface area (Å²) in [5, 5.41) is 2.82. The van der Waals surface area contributed by atoms with Gasteiger partial charge in [0.05, 0.1) is 31.5 Å². The van der Waals surface area contributed by atoms with Gasteiger partial charge < -0.3 is 10.1 Å². The SMILES string of the molecule is COc1ccc(-c2cc(CNC(=O)Cc3ccc(F)cc3)ncn2)cc1. The summed E-state index contributed by atoms with van der Waals surface area (Å²) in [6.45, 7) is 0.297. The monoisotopic (exact) mass is 351 g/mol. The van der Waals surface area contributed by atoms with Crippen molar-refractivity contribution in [3.63, 3.8) is 0 Å². The first-order valence-electron chi connectivity index (χ1n) is 8.10. The number of carbonyl (C=O) groups excluding carboxylic acids is 1. The molecule has 1 aromatic heterocycles. The van der Waals surface area contributed by atoms with Crippen LogP contribution < -0.4 is 10.1 Å². The van der Waals surface area contributed by atoms with Crippen LogP contribution in [-0.4, -0.2) is 23.0 Å². The van der Waals surface area contributed by atoms with Crippen LogP contribution in [0.1, 0.15) is 11.3 Å². The lowest BCUT2D eigenvalue weighted by molar-refractivity contribution is -0.120. The van der Waals surface area contributed by atoms with Gasteiger partial charge in [-0.25, -0.2) is 14.4 Å². The van der Waals surface area contributed by atoms with E-state index in [0.717, 1.165) is 22.6 Å². The summed E-state index contributed by atoms with van der Waals surface area (Å²) in [5.74, 6) is 0.304. The van der Waals surface area contributed by atoms with Crippen LogP contribution in [0.15, 0.2) is 60.9 Å². The number of ether oxygens (including phenoxy) is 1. The molecule has 132 valence electrons. The number of hydrogen-bond acceptors (Lipinski definition) is 4. The lowest BCUT2D eigenvalue weighted by atomic mass is 10.1. The molecular weight excluding hydrogens is 333 g/mol. The average molecular weight is 351 g/mol. The number of nitrogens with zero attached hydrogens (tertiary/aromatic N) is 2. The van der Waals surface area contributed by atoms with Crippen LogP contribution >= 0.6 is 0 Å². The Hall–Kier alpha value is -3.28. The maximum absolute atomic E-state index is 12.9. The number of amides is 1. The minimum atomic E-state index is -0.318. The van der Waals surface area contributed by atoms with Gasteiger partial charge in [0.15, 0.2) is 0 Å². The molecule has 0 saturated carbocycles. The molecule has 5 nitrogen and oxygen atoms in total. The second-order valence-corrected chi connectivity index (χ2v) is 5.70. The van der Waals surface area contributed by atoms with Gasteiger partial charge in [0, 0.05) is 5.56 Å². The number of benzene rings is 2. The zero-order chi connectivity index (χ0) is 18.4. The van der Waals surface area contributed by atoms with Crippen LogP contribution in [0, 0.1) is 5.82 Å². The van der Waals surface area contributed by atoms with Crippen molar-refractivity contribution in [3.8, 4) is 17.0 Å². The van der Waals surface area contributed by atoms with E-state index in [4.69, 9.17) is 4.74 Å². The smallest absolute Gasteiger partial charge is 0.224 e.